The van der Waals surface area contributed by atoms with Crippen molar-refractivity contribution in [3.8, 4) is 0 Å². The average Bonchev–Trinajstić information content (AvgIpc) is 2.93. The van der Waals surface area contributed by atoms with Gasteiger partial charge in [0.15, 0.2) is 0 Å². The molecular weight excluding hydrogens is 430 g/mol. The van der Waals surface area contributed by atoms with Crippen LogP contribution in [-0.4, -0.2) is 60.0 Å². The van der Waals surface area contributed by atoms with Crippen LogP contribution in [0.1, 0.15) is 75.3 Å². The predicted octanol–water partition coefficient (Wildman–Crippen LogP) is 5.42. The minimum absolute atomic E-state index is 0.156. The molecule has 35 heavy (non-hydrogen) atoms. The summed E-state index contributed by atoms with van der Waals surface area (Å²) in [5, 5.41) is 3.61. The number of amides is 1. The highest BCUT2D eigenvalue weighted by atomic mass is 16.2. The van der Waals surface area contributed by atoms with E-state index >= 15 is 0 Å². The van der Waals surface area contributed by atoms with Crippen LogP contribution in [-0.2, 0) is 4.79 Å². The molecule has 4 fully saturated rings. The molecule has 2 bridgehead atoms. The number of fused-ring (bicyclic) bond motifs is 3. The smallest absolute Gasteiger partial charge is 0.234 e. The first kappa shape index (κ1) is 24.5. The van der Waals surface area contributed by atoms with Gasteiger partial charge in [0.1, 0.15) is 0 Å². The van der Waals surface area contributed by atoms with Crippen molar-refractivity contribution in [1.82, 2.24) is 15.1 Å². The van der Waals surface area contributed by atoms with E-state index in [4.69, 9.17) is 0 Å². The number of likely N-dealkylation sites (N-methyl/N-ethyl adjacent to an activating group) is 1. The fraction of sp³-hybridized carbons (Fsp3) is 0.581. The number of carbonyl (C=O) groups is 1. The van der Waals surface area contributed by atoms with E-state index < -0.39 is 0 Å². The number of hydrogen-bond donors (Lipinski definition) is 1. The van der Waals surface area contributed by atoms with Gasteiger partial charge >= 0.3 is 0 Å². The van der Waals surface area contributed by atoms with Crippen LogP contribution in [0.3, 0.4) is 0 Å². The number of rotatable bonds is 8. The van der Waals surface area contributed by atoms with Gasteiger partial charge in [-0.25, -0.2) is 0 Å². The maximum absolute atomic E-state index is 13.3. The van der Waals surface area contributed by atoms with Gasteiger partial charge in [-0.3, -0.25) is 14.6 Å². The van der Waals surface area contributed by atoms with Gasteiger partial charge in [-0.05, 0) is 87.2 Å². The van der Waals surface area contributed by atoms with Crippen molar-refractivity contribution in [1.29, 1.82) is 0 Å². The van der Waals surface area contributed by atoms with Crippen LogP contribution in [0.25, 0.3) is 0 Å². The van der Waals surface area contributed by atoms with Gasteiger partial charge in [-0.2, -0.15) is 0 Å². The van der Waals surface area contributed by atoms with Crippen molar-refractivity contribution < 1.29 is 4.79 Å². The second-order valence-electron chi connectivity index (χ2n) is 11.1. The first-order valence-corrected chi connectivity index (χ1v) is 14.0. The summed E-state index contributed by atoms with van der Waals surface area (Å²) in [6, 6.07) is 22.5. The lowest BCUT2D eigenvalue weighted by molar-refractivity contribution is -0.126. The van der Waals surface area contributed by atoms with Gasteiger partial charge in [0.2, 0.25) is 5.91 Å². The van der Waals surface area contributed by atoms with Crippen molar-refractivity contribution in [2.24, 2.45) is 5.92 Å². The summed E-state index contributed by atoms with van der Waals surface area (Å²) in [7, 11) is 0. The number of carbonyl (C=O) groups excluding carboxylic acids is 1. The van der Waals surface area contributed by atoms with Gasteiger partial charge in [0, 0.05) is 11.6 Å². The minimum Gasteiger partial charge on any atom is -0.352 e. The van der Waals surface area contributed by atoms with E-state index in [0.29, 0.717) is 24.3 Å². The SMILES string of the molecule is CCN(CC)CC(=O)NC1CC2(N3CCCCC3)CC(c3ccccc3)C1C(c1ccccc1)C2. The molecule has 1 amide bonds. The number of nitrogens with one attached hydrogen (secondary N) is 1. The van der Waals surface area contributed by atoms with Crippen molar-refractivity contribution >= 4 is 5.91 Å². The van der Waals surface area contributed by atoms with Crippen LogP contribution in [0, 0.1) is 5.92 Å². The third-order valence-corrected chi connectivity index (χ3v) is 9.28. The third-order valence-electron chi connectivity index (χ3n) is 9.28. The van der Waals surface area contributed by atoms with E-state index in [1.165, 1.54) is 56.3 Å². The number of hydrogen-bond acceptors (Lipinski definition) is 3. The first-order valence-electron chi connectivity index (χ1n) is 14.0. The highest BCUT2D eigenvalue weighted by molar-refractivity contribution is 5.78. The Balaban J connectivity index is 1.53. The number of benzene rings is 2. The van der Waals surface area contributed by atoms with Gasteiger partial charge in [0.25, 0.3) is 0 Å². The second kappa shape index (κ2) is 10.8. The molecule has 4 aliphatic rings. The molecule has 2 aromatic carbocycles. The molecule has 188 valence electrons. The topological polar surface area (TPSA) is 35.6 Å². The zero-order chi connectivity index (χ0) is 24.3. The highest BCUT2D eigenvalue weighted by Gasteiger charge is 2.58. The molecule has 2 aromatic rings. The fourth-order valence-electron chi connectivity index (χ4n) is 7.61. The number of piperidine rings is 1. The van der Waals surface area contributed by atoms with E-state index in [0.717, 1.165) is 19.5 Å². The molecule has 6 rings (SSSR count). The molecule has 4 nitrogen and oxygen atoms in total. The molecule has 0 radical (unpaired) electrons. The van der Waals surface area contributed by atoms with Crippen molar-refractivity contribution in [3.05, 3.63) is 71.8 Å². The van der Waals surface area contributed by atoms with E-state index in [-0.39, 0.29) is 17.5 Å². The Kier molecular flexibility index (Phi) is 7.59. The summed E-state index contributed by atoms with van der Waals surface area (Å²) in [4.78, 5) is 18.4. The lowest BCUT2D eigenvalue weighted by atomic mass is 9.51. The average molecular weight is 474 g/mol. The molecule has 1 heterocycles. The van der Waals surface area contributed by atoms with Crippen molar-refractivity contribution in [2.75, 3.05) is 32.7 Å². The van der Waals surface area contributed by atoms with Gasteiger partial charge in [-0.15, -0.1) is 0 Å². The van der Waals surface area contributed by atoms with Gasteiger partial charge < -0.3 is 5.32 Å². The predicted molar refractivity (Wildman–Crippen MR) is 144 cm³/mol. The Bertz CT molecular complexity index is 902. The summed E-state index contributed by atoms with van der Waals surface area (Å²) >= 11 is 0. The Morgan fingerprint density at radius 1 is 0.857 bits per heavy atom. The van der Waals surface area contributed by atoms with Crippen LogP contribution in [0.4, 0.5) is 0 Å². The van der Waals surface area contributed by atoms with E-state index in [1.54, 1.807) is 0 Å². The Morgan fingerprint density at radius 2 is 1.40 bits per heavy atom. The number of nitrogens with zero attached hydrogens (tertiary/aromatic N) is 2. The van der Waals surface area contributed by atoms with Crippen molar-refractivity contribution in [2.45, 2.75) is 75.8 Å². The molecular formula is C31H43N3O. The molecule has 4 heteroatoms. The van der Waals surface area contributed by atoms with Crippen LogP contribution in [0.2, 0.25) is 0 Å². The molecule has 0 aromatic heterocycles. The lowest BCUT2D eigenvalue weighted by Crippen LogP contribution is -2.66. The maximum Gasteiger partial charge on any atom is 0.234 e. The molecule has 3 aliphatic carbocycles. The molecule has 3 saturated carbocycles. The fourth-order valence-corrected chi connectivity index (χ4v) is 7.61. The minimum atomic E-state index is 0.156. The van der Waals surface area contributed by atoms with E-state index in [9.17, 15) is 4.79 Å². The molecule has 0 spiro atoms. The van der Waals surface area contributed by atoms with Crippen LogP contribution < -0.4 is 5.32 Å². The zero-order valence-corrected chi connectivity index (χ0v) is 21.7. The van der Waals surface area contributed by atoms with E-state index in [1.807, 2.05) is 0 Å². The van der Waals surface area contributed by atoms with Crippen LogP contribution >= 0.6 is 0 Å². The first-order chi connectivity index (χ1) is 17.1. The normalized spacial score (nSPS) is 30.9. The third kappa shape index (κ3) is 5.06. The summed E-state index contributed by atoms with van der Waals surface area (Å²) in [5.41, 5.74) is 3.05. The standard InChI is InChI=1S/C31H43N3O/c1-3-33(4-2)23-29(35)32-28-22-31(34-18-12-7-13-19-34)20-26(24-14-8-5-9-15-24)30(28)27(21-31)25-16-10-6-11-17-25/h5-6,8-11,14-17,26-28,30H,3-4,7,12-13,18-23H2,1-2H3,(H,32,35). The Morgan fingerprint density at radius 3 is 1.91 bits per heavy atom. The van der Waals surface area contributed by atoms with Gasteiger partial charge in [0.05, 0.1) is 6.54 Å². The second-order valence-corrected chi connectivity index (χ2v) is 11.1. The lowest BCUT2D eigenvalue weighted by Gasteiger charge is -2.62. The Hall–Kier alpha value is -2.17. The monoisotopic (exact) mass is 473 g/mol. The zero-order valence-electron chi connectivity index (χ0n) is 21.7. The summed E-state index contributed by atoms with van der Waals surface area (Å²) in [6.45, 7) is 9.01. The molecule has 1 saturated heterocycles. The molecule has 3 atom stereocenters. The molecule has 3 unspecified atom stereocenters. The molecule has 1 N–H and O–H groups in total. The van der Waals surface area contributed by atoms with Crippen LogP contribution in [0.15, 0.2) is 60.7 Å². The Labute approximate surface area is 212 Å². The largest absolute Gasteiger partial charge is 0.352 e. The van der Waals surface area contributed by atoms with Gasteiger partial charge in [-0.1, -0.05) is 80.9 Å². The summed E-state index contributed by atoms with van der Waals surface area (Å²) in [6.07, 6.45) is 7.48. The summed E-state index contributed by atoms with van der Waals surface area (Å²) < 4.78 is 0. The maximum atomic E-state index is 13.3. The van der Waals surface area contributed by atoms with Crippen LogP contribution in [0.5, 0.6) is 0 Å². The quantitative estimate of drug-likeness (QED) is 0.556. The van der Waals surface area contributed by atoms with Crippen molar-refractivity contribution in [3.63, 3.8) is 0 Å². The van der Waals surface area contributed by atoms with E-state index in [2.05, 4.69) is 89.6 Å². The highest BCUT2D eigenvalue weighted by Crippen LogP contribution is 2.60. The summed E-state index contributed by atoms with van der Waals surface area (Å²) in [5.74, 6) is 1.54. The molecule has 1 aliphatic heterocycles. The number of likely N-dealkylation sites (tertiary alicyclic amines) is 1.